The van der Waals surface area contributed by atoms with Crippen LogP contribution in [0.1, 0.15) is 25.7 Å². The minimum absolute atomic E-state index is 0.119. The number of furan rings is 1. The van der Waals surface area contributed by atoms with E-state index in [1.807, 2.05) is 13.8 Å². The first kappa shape index (κ1) is 10.8. The highest BCUT2D eigenvalue weighted by Gasteiger charge is 2.12. The molecule has 0 aliphatic carbocycles. The third-order valence-electron chi connectivity index (χ3n) is 1.51. The van der Waals surface area contributed by atoms with Crippen molar-refractivity contribution in [2.24, 2.45) is 0 Å². The summed E-state index contributed by atoms with van der Waals surface area (Å²) in [5.41, 5.74) is 0. The van der Waals surface area contributed by atoms with Crippen molar-refractivity contribution in [1.29, 1.82) is 0 Å². The summed E-state index contributed by atoms with van der Waals surface area (Å²) in [5, 5.41) is 9.54. The van der Waals surface area contributed by atoms with Gasteiger partial charge in [0.15, 0.2) is 4.67 Å². The molecule has 1 unspecified atom stereocenters. The van der Waals surface area contributed by atoms with Gasteiger partial charge in [-0.15, -0.1) is 0 Å². The number of hydrogen-bond donors (Lipinski definition) is 1. The van der Waals surface area contributed by atoms with Crippen LogP contribution in [0.25, 0.3) is 0 Å². The Bertz CT molecular complexity index is 257. The summed E-state index contributed by atoms with van der Waals surface area (Å²) in [4.78, 5) is 0. The Kier molecular flexibility index (Phi) is 3.96. The molecule has 1 N–H and O–H groups in total. The first-order chi connectivity index (χ1) is 6.09. The fourth-order valence-electron chi connectivity index (χ4n) is 0.873. The fourth-order valence-corrected chi connectivity index (χ4v) is 1.19. The topological polar surface area (TPSA) is 42.6 Å². The Labute approximate surface area is 85.8 Å². The lowest BCUT2D eigenvalue weighted by Gasteiger charge is -2.10. The maximum absolute atomic E-state index is 9.54. The highest BCUT2D eigenvalue weighted by Crippen LogP contribution is 2.20. The van der Waals surface area contributed by atoms with Crippen molar-refractivity contribution < 1.29 is 14.3 Å². The van der Waals surface area contributed by atoms with Crippen LogP contribution in [0.4, 0.5) is 0 Å². The monoisotopic (exact) mass is 248 g/mol. The maximum Gasteiger partial charge on any atom is 0.169 e. The number of rotatable bonds is 4. The van der Waals surface area contributed by atoms with E-state index in [1.54, 1.807) is 12.1 Å². The van der Waals surface area contributed by atoms with E-state index in [-0.39, 0.29) is 12.7 Å². The van der Waals surface area contributed by atoms with Crippen molar-refractivity contribution in [2.45, 2.75) is 26.1 Å². The van der Waals surface area contributed by atoms with Crippen LogP contribution in [-0.4, -0.2) is 17.8 Å². The minimum Gasteiger partial charge on any atom is -0.452 e. The molecule has 0 radical (unpaired) electrons. The van der Waals surface area contributed by atoms with Gasteiger partial charge in [-0.2, -0.15) is 0 Å². The highest BCUT2D eigenvalue weighted by molar-refractivity contribution is 9.10. The van der Waals surface area contributed by atoms with Crippen molar-refractivity contribution >= 4 is 15.9 Å². The largest absolute Gasteiger partial charge is 0.452 e. The van der Waals surface area contributed by atoms with E-state index < -0.39 is 6.10 Å². The Morgan fingerprint density at radius 2 is 2.23 bits per heavy atom. The average molecular weight is 249 g/mol. The van der Waals surface area contributed by atoms with Crippen molar-refractivity contribution in [3.63, 3.8) is 0 Å². The standard InChI is InChI=1S/C9H13BrO3/c1-6(2)12-5-7(11)8-3-4-9(10)13-8/h3-4,6-7,11H,5H2,1-2H3. The third-order valence-corrected chi connectivity index (χ3v) is 1.94. The van der Waals surface area contributed by atoms with Gasteiger partial charge in [0.25, 0.3) is 0 Å². The summed E-state index contributed by atoms with van der Waals surface area (Å²) in [6.45, 7) is 4.10. The van der Waals surface area contributed by atoms with Gasteiger partial charge in [0, 0.05) is 0 Å². The van der Waals surface area contributed by atoms with Gasteiger partial charge in [-0.3, -0.25) is 0 Å². The van der Waals surface area contributed by atoms with Crippen LogP contribution in [0.5, 0.6) is 0 Å². The highest BCUT2D eigenvalue weighted by atomic mass is 79.9. The zero-order chi connectivity index (χ0) is 9.84. The second kappa shape index (κ2) is 4.79. The van der Waals surface area contributed by atoms with E-state index in [1.165, 1.54) is 0 Å². The van der Waals surface area contributed by atoms with Crippen molar-refractivity contribution in [2.75, 3.05) is 6.61 Å². The minimum atomic E-state index is -0.686. The summed E-state index contributed by atoms with van der Waals surface area (Å²) in [6, 6.07) is 3.46. The predicted molar refractivity (Wildman–Crippen MR) is 52.5 cm³/mol. The molecular formula is C9H13BrO3. The van der Waals surface area contributed by atoms with Crippen LogP contribution in [0.2, 0.25) is 0 Å². The van der Waals surface area contributed by atoms with E-state index in [0.29, 0.717) is 10.4 Å². The molecule has 13 heavy (non-hydrogen) atoms. The van der Waals surface area contributed by atoms with Crippen molar-refractivity contribution in [3.8, 4) is 0 Å². The van der Waals surface area contributed by atoms with Crippen LogP contribution in [0.15, 0.2) is 21.2 Å². The van der Waals surface area contributed by atoms with Gasteiger partial charge in [-0.1, -0.05) is 0 Å². The number of aliphatic hydroxyl groups is 1. The maximum atomic E-state index is 9.54. The molecule has 1 heterocycles. The zero-order valence-corrected chi connectivity index (χ0v) is 9.24. The molecule has 0 aliphatic heterocycles. The number of aliphatic hydroxyl groups excluding tert-OH is 1. The lowest BCUT2D eigenvalue weighted by Crippen LogP contribution is -2.11. The summed E-state index contributed by atoms with van der Waals surface area (Å²) in [5.74, 6) is 0.521. The average Bonchev–Trinajstić information content (AvgIpc) is 2.47. The summed E-state index contributed by atoms with van der Waals surface area (Å²) < 4.78 is 11.0. The Morgan fingerprint density at radius 3 is 2.69 bits per heavy atom. The molecule has 1 aromatic rings. The molecule has 1 atom stereocenters. The third kappa shape index (κ3) is 3.50. The molecule has 0 spiro atoms. The zero-order valence-electron chi connectivity index (χ0n) is 7.66. The quantitative estimate of drug-likeness (QED) is 0.891. The first-order valence-electron chi connectivity index (χ1n) is 4.14. The normalized spacial score (nSPS) is 13.6. The Morgan fingerprint density at radius 1 is 1.54 bits per heavy atom. The van der Waals surface area contributed by atoms with Crippen molar-refractivity contribution in [1.82, 2.24) is 0 Å². The first-order valence-corrected chi connectivity index (χ1v) is 4.94. The van der Waals surface area contributed by atoms with Crippen LogP contribution < -0.4 is 0 Å². The molecule has 74 valence electrons. The van der Waals surface area contributed by atoms with Gasteiger partial charge < -0.3 is 14.3 Å². The lowest BCUT2D eigenvalue weighted by molar-refractivity contribution is -0.00376. The molecule has 0 saturated heterocycles. The van der Waals surface area contributed by atoms with Crippen LogP contribution in [0, 0.1) is 0 Å². The van der Waals surface area contributed by atoms with Gasteiger partial charge in [0.1, 0.15) is 11.9 Å². The summed E-state index contributed by atoms with van der Waals surface area (Å²) in [6.07, 6.45) is -0.568. The van der Waals surface area contributed by atoms with E-state index in [0.717, 1.165) is 0 Å². The molecule has 0 aliphatic rings. The van der Waals surface area contributed by atoms with Crippen LogP contribution >= 0.6 is 15.9 Å². The van der Waals surface area contributed by atoms with Gasteiger partial charge >= 0.3 is 0 Å². The van der Waals surface area contributed by atoms with Gasteiger partial charge in [-0.05, 0) is 41.9 Å². The molecule has 0 aromatic carbocycles. The van der Waals surface area contributed by atoms with Gasteiger partial charge in [0.2, 0.25) is 0 Å². The smallest absolute Gasteiger partial charge is 0.169 e. The molecular weight excluding hydrogens is 236 g/mol. The fraction of sp³-hybridized carbons (Fsp3) is 0.556. The second-order valence-corrected chi connectivity index (χ2v) is 3.82. The molecule has 0 fully saturated rings. The molecule has 4 heteroatoms. The Hall–Kier alpha value is -0.320. The molecule has 0 bridgehead atoms. The number of halogens is 1. The predicted octanol–water partition coefficient (Wildman–Crippen LogP) is 2.50. The van der Waals surface area contributed by atoms with Crippen LogP contribution in [-0.2, 0) is 4.74 Å². The van der Waals surface area contributed by atoms with Gasteiger partial charge in [-0.25, -0.2) is 0 Å². The van der Waals surface area contributed by atoms with Gasteiger partial charge in [0.05, 0.1) is 12.7 Å². The molecule has 1 aromatic heterocycles. The lowest BCUT2D eigenvalue weighted by atomic mass is 10.3. The Balaban J connectivity index is 2.44. The molecule has 1 rings (SSSR count). The number of ether oxygens (including phenoxy) is 1. The molecule has 3 nitrogen and oxygen atoms in total. The van der Waals surface area contributed by atoms with Crippen molar-refractivity contribution in [3.05, 3.63) is 22.6 Å². The van der Waals surface area contributed by atoms with E-state index >= 15 is 0 Å². The van der Waals surface area contributed by atoms with E-state index in [4.69, 9.17) is 9.15 Å². The summed E-state index contributed by atoms with van der Waals surface area (Å²) >= 11 is 3.16. The van der Waals surface area contributed by atoms with Crippen LogP contribution in [0.3, 0.4) is 0 Å². The molecule has 0 amide bonds. The SMILES string of the molecule is CC(C)OCC(O)c1ccc(Br)o1. The summed E-state index contributed by atoms with van der Waals surface area (Å²) in [7, 11) is 0. The van der Waals surface area contributed by atoms with E-state index in [9.17, 15) is 5.11 Å². The van der Waals surface area contributed by atoms with E-state index in [2.05, 4.69) is 15.9 Å². The second-order valence-electron chi connectivity index (χ2n) is 3.04. The number of hydrogen-bond acceptors (Lipinski definition) is 3. The molecule has 0 saturated carbocycles.